The number of benzene rings is 1. The summed E-state index contributed by atoms with van der Waals surface area (Å²) in [6.45, 7) is 3.08. The fraction of sp³-hybridized carbons (Fsp3) is 0.556. The molecule has 0 bridgehead atoms. The number of hydrogen-bond donors (Lipinski definition) is 2. The van der Waals surface area contributed by atoms with E-state index in [1.165, 1.54) is 0 Å². The summed E-state index contributed by atoms with van der Waals surface area (Å²) in [6, 6.07) is 9.98. The van der Waals surface area contributed by atoms with Crippen molar-refractivity contribution in [2.45, 2.75) is 25.8 Å². The van der Waals surface area contributed by atoms with Crippen LogP contribution in [0.1, 0.15) is 24.8 Å². The number of piperidine rings is 1. The molecule has 0 aliphatic carbocycles. The van der Waals surface area contributed by atoms with Crippen LogP contribution in [0.15, 0.2) is 30.3 Å². The number of likely N-dealkylation sites (tertiary alicyclic amines) is 1. The van der Waals surface area contributed by atoms with E-state index in [0.717, 1.165) is 24.8 Å². The predicted octanol–water partition coefficient (Wildman–Crippen LogP) is 1.84. The maximum absolute atomic E-state index is 12.5. The molecule has 1 saturated heterocycles. The van der Waals surface area contributed by atoms with Crippen LogP contribution in [0.4, 0.5) is 4.79 Å². The van der Waals surface area contributed by atoms with E-state index in [1.54, 1.807) is 4.90 Å². The van der Waals surface area contributed by atoms with E-state index in [4.69, 9.17) is 5.73 Å². The highest BCUT2D eigenvalue weighted by atomic mass is 35.5. The van der Waals surface area contributed by atoms with Gasteiger partial charge in [0.1, 0.15) is 0 Å². The van der Waals surface area contributed by atoms with Gasteiger partial charge in [-0.25, -0.2) is 4.79 Å². The molecule has 0 atom stereocenters. The first-order valence-electron chi connectivity index (χ1n) is 8.63. The summed E-state index contributed by atoms with van der Waals surface area (Å²) in [5, 5.41) is 2.92. The third-order valence-corrected chi connectivity index (χ3v) is 4.41. The lowest BCUT2D eigenvalue weighted by atomic mass is 9.96. The molecule has 0 saturated carbocycles. The molecule has 1 aliphatic rings. The Labute approximate surface area is 156 Å². The molecule has 140 valence electrons. The molecule has 1 aromatic rings. The molecule has 3 N–H and O–H groups in total. The average molecular weight is 369 g/mol. The molecule has 3 amide bonds. The topological polar surface area (TPSA) is 78.7 Å². The van der Waals surface area contributed by atoms with Gasteiger partial charge in [0.2, 0.25) is 5.91 Å². The summed E-state index contributed by atoms with van der Waals surface area (Å²) in [4.78, 5) is 28.2. The highest BCUT2D eigenvalue weighted by Gasteiger charge is 2.28. The van der Waals surface area contributed by atoms with Gasteiger partial charge in [-0.15, -0.1) is 12.4 Å². The third-order valence-electron chi connectivity index (χ3n) is 4.41. The fourth-order valence-electron chi connectivity index (χ4n) is 2.96. The molecular formula is C18H29ClN4O2. The summed E-state index contributed by atoms with van der Waals surface area (Å²) in [5.74, 6) is 0.0967. The molecule has 1 aliphatic heterocycles. The number of carbonyl (C=O) groups excluding carboxylic acids is 2. The van der Waals surface area contributed by atoms with Crippen LogP contribution in [-0.4, -0.2) is 55.0 Å². The summed E-state index contributed by atoms with van der Waals surface area (Å²) in [6.07, 6.45) is 2.24. The van der Waals surface area contributed by atoms with Gasteiger partial charge in [0.05, 0.1) is 0 Å². The molecule has 0 unspecified atom stereocenters. The Morgan fingerprint density at radius 1 is 1.24 bits per heavy atom. The highest BCUT2D eigenvalue weighted by Crippen LogP contribution is 2.19. The quantitative estimate of drug-likeness (QED) is 0.752. The Morgan fingerprint density at radius 2 is 1.88 bits per heavy atom. The normalized spacial score (nSPS) is 14.6. The van der Waals surface area contributed by atoms with Crippen LogP contribution >= 0.6 is 12.4 Å². The van der Waals surface area contributed by atoms with E-state index in [0.29, 0.717) is 32.7 Å². The van der Waals surface area contributed by atoms with Crippen LogP contribution < -0.4 is 11.1 Å². The van der Waals surface area contributed by atoms with Crippen molar-refractivity contribution < 1.29 is 9.59 Å². The van der Waals surface area contributed by atoms with E-state index < -0.39 is 0 Å². The number of nitrogens with zero attached hydrogens (tertiary/aromatic N) is 2. The summed E-state index contributed by atoms with van der Waals surface area (Å²) < 4.78 is 0. The molecule has 0 spiro atoms. The maximum Gasteiger partial charge on any atom is 0.320 e. The Kier molecular flexibility index (Phi) is 9.31. The largest absolute Gasteiger partial charge is 0.356 e. The zero-order chi connectivity index (χ0) is 17.4. The first-order chi connectivity index (χ1) is 11.6. The monoisotopic (exact) mass is 368 g/mol. The molecule has 1 heterocycles. The molecule has 7 heteroatoms. The fourth-order valence-corrected chi connectivity index (χ4v) is 2.96. The molecular weight excluding hydrogens is 340 g/mol. The Hall–Kier alpha value is -1.79. The van der Waals surface area contributed by atoms with E-state index in [9.17, 15) is 9.59 Å². The highest BCUT2D eigenvalue weighted by molar-refractivity contribution is 5.85. The maximum atomic E-state index is 12.5. The number of rotatable bonds is 6. The second-order valence-electron chi connectivity index (χ2n) is 6.32. The Bertz CT molecular complexity index is 533. The standard InChI is InChI=1S/C18H28N4O2.ClH/c1-21(14-15-6-3-2-4-7-15)18(24)22-12-8-16(9-13-22)17(23)20-11-5-10-19;/h2-4,6-7,16H,5,8-14,19H2,1H3,(H,20,23);1H. The molecule has 1 fully saturated rings. The van der Waals surface area contributed by atoms with Crippen molar-refractivity contribution in [1.82, 2.24) is 15.1 Å². The smallest absolute Gasteiger partial charge is 0.320 e. The van der Waals surface area contributed by atoms with Gasteiger partial charge in [-0.3, -0.25) is 4.79 Å². The molecule has 25 heavy (non-hydrogen) atoms. The number of halogens is 1. The zero-order valence-corrected chi connectivity index (χ0v) is 15.6. The molecule has 2 rings (SSSR count). The zero-order valence-electron chi connectivity index (χ0n) is 14.8. The van der Waals surface area contributed by atoms with Crippen molar-refractivity contribution in [1.29, 1.82) is 0 Å². The van der Waals surface area contributed by atoms with E-state index >= 15 is 0 Å². The predicted molar refractivity (Wildman–Crippen MR) is 102 cm³/mol. The van der Waals surface area contributed by atoms with Crippen LogP contribution in [0.5, 0.6) is 0 Å². The van der Waals surface area contributed by atoms with Crippen molar-refractivity contribution >= 4 is 24.3 Å². The Morgan fingerprint density at radius 3 is 2.48 bits per heavy atom. The minimum atomic E-state index is 0. The number of urea groups is 1. The summed E-state index contributed by atoms with van der Waals surface area (Å²) in [5.41, 5.74) is 6.54. The third kappa shape index (κ3) is 6.55. The SMILES string of the molecule is CN(Cc1ccccc1)C(=O)N1CCC(C(=O)NCCCN)CC1.Cl. The minimum Gasteiger partial charge on any atom is -0.356 e. The summed E-state index contributed by atoms with van der Waals surface area (Å²) >= 11 is 0. The number of nitrogens with two attached hydrogens (primary N) is 1. The van der Waals surface area contributed by atoms with Crippen LogP contribution in [0.25, 0.3) is 0 Å². The number of carbonyl (C=O) groups is 2. The van der Waals surface area contributed by atoms with Gasteiger partial charge in [0.25, 0.3) is 0 Å². The van der Waals surface area contributed by atoms with Crippen molar-refractivity contribution in [3.8, 4) is 0 Å². The van der Waals surface area contributed by atoms with Crippen molar-refractivity contribution in [2.24, 2.45) is 11.7 Å². The molecule has 1 aromatic carbocycles. The minimum absolute atomic E-state index is 0. The Balaban J connectivity index is 0.00000312. The van der Waals surface area contributed by atoms with E-state index in [2.05, 4.69) is 5.32 Å². The first-order valence-corrected chi connectivity index (χ1v) is 8.63. The van der Waals surface area contributed by atoms with Gasteiger partial charge in [-0.05, 0) is 31.4 Å². The number of amides is 3. The lowest BCUT2D eigenvalue weighted by molar-refractivity contribution is -0.126. The van der Waals surface area contributed by atoms with E-state index in [1.807, 2.05) is 42.3 Å². The van der Waals surface area contributed by atoms with Gasteiger partial charge in [0.15, 0.2) is 0 Å². The average Bonchev–Trinajstić information content (AvgIpc) is 2.62. The molecule has 0 aromatic heterocycles. The lowest BCUT2D eigenvalue weighted by Crippen LogP contribution is -2.47. The second kappa shape index (κ2) is 10.9. The van der Waals surface area contributed by atoms with Crippen LogP contribution in [0.3, 0.4) is 0 Å². The van der Waals surface area contributed by atoms with E-state index in [-0.39, 0.29) is 30.3 Å². The van der Waals surface area contributed by atoms with Crippen molar-refractivity contribution in [3.05, 3.63) is 35.9 Å². The van der Waals surface area contributed by atoms with Crippen LogP contribution in [0, 0.1) is 5.92 Å². The lowest BCUT2D eigenvalue weighted by Gasteiger charge is -2.34. The first kappa shape index (κ1) is 21.3. The summed E-state index contributed by atoms with van der Waals surface area (Å²) in [7, 11) is 1.82. The van der Waals surface area contributed by atoms with Gasteiger partial charge < -0.3 is 20.9 Å². The van der Waals surface area contributed by atoms with Crippen molar-refractivity contribution in [2.75, 3.05) is 33.2 Å². The second-order valence-corrected chi connectivity index (χ2v) is 6.32. The van der Waals surface area contributed by atoms with Gasteiger partial charge in [0, 0.05) is 39.1 Å². The number of hydrogen-bond acceptors (Lipinski definition) is 3. The van der Waals surface area contributed by atoms with Gasteiger partial charge in [-0.1, -0.05) is 30.3 Å². The molecule has 6 nitrogen and oxygen atoms in total. The van der Waals surface area contributed by atoms with Crippen LogP contribution in [-0.2, 0) is 11.3 Å². The van der Waals surface area contributed by atoms with Gasteiger partial charge >= 0.3 is 6.03 Å². The number of nitrogens with one attached hydrogen (secondary N) is 1. The van der Waals surface area contributed by atoms with Crippen molar-refractivity contribution in [3.63, 3.8) is 0 Å². The van der Waals surface area contributed by atoms with Crippen LogP contribution in [0.2, 0.25) is 0 Å². The van der Waals surface area contributed by atoms with Gasteiger partial charge in [-0.2, -0.15) is 0 Å². The molecule has 0 radical (unpaired) electrons.